The van der Waals surface area contributed by atoms with Crippen LogP contribution in [-0.2, 0) is 4.79 Å². The van der Waals surface area contributed by atoms with Gasteiger partial charge in [0.25, 0.3) is 5.91 Å². The van der Waals surface area contributed by atoms with Crippen molar-refractivity contribution in [3.8, 4) is 23.0 Å². The minimum absolute atomic E-state index is 0.0814. The van der Waals surface area contributed by atoms with Gasteiger partial charge in [0.1, 0.15) is 6.61 Å². The maximum absolute atomic E-state index is 12.2. The average Bonchev–Trinajstić information content (AvgIpc) is 2.66. The van der Waals surface area contributed by atoms with E-state index in [1.165, 1.54) is 13.3 Å². The molecule has 0 aromatic heterocycles. The van der Waals surface area contributed by atoms with Crippen LogP contribution in [0.2, 0.25) is 0 Å². The maximum Gasteiger partial charge on any atom is 0.284 e. The van der Waals surface area contributed by atoms with Gasteiger partial charge >= 0.3 is 0 Å². The van der Waals surface area contributed by atoms with E-state index in [0.717, 1.165) is 0 Å². The summed E-state index contributed by atoms with van der Waals surface area (Å²) in [5, 5.41) is 14.1. The number of hydrazone groups is 1. The van der Waals surface area contributed by atoms with Crippen molar-refractivity contribution < 1.29 is 24.1 Å². The van der Waals surface area contributed by atoms with Crippen molar-refractivity contribution in [3.63, 3.8) is 0 Å². The highest BCUT2D eigenvalue weighted by Crippen LogP contribution is 2.39. The standard InChI is InChI=1S/C17H14Br2N2O5/c1-24-13-6-10(18)15(19)9(16(13)22)7-20-21-17(23)14-8-25-11-4-2-3-5-12(11)26-14/h2-7,14,22H,8H2,1H3,(H,21,23)/b20-7+/t14-/m0/s1. The minimum Gasteiger partial charge on any atom is -0.504 e. The molecular weight excluding hydrogens is 472 g/mol. The van der Waals surface area contributed by atoms with Gasteiger partial charge in [0.05, 0.1) is 18.9 Å². The molecule has 0 bridgehead atoms. The topological polar surface area (TPSA) is 89.4 Å². The predicted molar refractivity (Wildman–Crippen MR) is 102 cm³/mol. The first kappa shape index (κ1) is 18.5. The normalized spacial score (nSPS) is 15.7. The zero-order valence-corrected chi connectivity index (χ0v) is 16.7. The molecule has 0 spiro atoms. The number of fused-ring (bicyclic) bond motifs is 1. The number of nitrogens with zero attached hydrogens (tertiary/aromatic N) is 1. The molecule has 1 aliphatic heterocycles. The second-order valence-corrected chi connectivity index (χ2v) is 6.88. The number of hydrogen-bond donors (Lipinski definition) is 2. The Kier molecular flexibility index (Phi) is 5.67. The first-order valence-corrected chi connectivity index (χ1v) is 9.06. The molecule has 9 heteroatoms. The van der Waals surface area contributed by atoms with Crippen molar-refractivity contribution in [1.29, 1.82) is 0 Å². The molecule has 1 atom stereocenters. The van der Waals surface area contributed by atoms with Crippen LogP contribution in [0.4, 0.5) is 0 Å². The summed E-state index contributed by atoms with van der Waals surface area (Å²) in [5.74, 6) is 0.795. The fraction of sp³-hybridized carbons (Fsp3) is 0.176. The zero-order chi connectivity index (χ0) is 18.7. The summed E-state index contributed by atoms with van der Waals surface area (Å²) in [6, 6.07) is 8.72. The molecule has 0 saturated heterocycles. The molecule has 2 aromatic carbocycles. The van der Waals surface area contributed by atoms with Gasteiger partial charge in [-0.1, -0.05) is 12.1 Å². The molecule has 1 amide bonds. The van der Waals surface area contributed by atoms with E-state index in [1.54, 1.807) is 24.3 Å². The number of phenolic OH excluding ortho intramolecular Hbond substituents is 1. The molecule has 1 heterocycles. The third-order valence-corrected chi connectivity index (χ3v) is 5.59. The van der Waals surface area contributed by atoms with Gasteiger partial charge in [-0.25, -0.2) is 5.43 Å². The third kappa shape index (κ3) is 3.78. The molecule has 0 radical (unpaired) electrons. The van der Waals surface area contributed by atoms with Crippen LogP contribution >= 0.6 is 31.9 Å². The van der Waals surface area contributed by atoms with E-state index in [1.807, 2.05) is 6.07 Å². The van der Waals surface area contributed by atoms with Crippen molar-refractivity contribution >= 4 is 44.0 Å². The quantitative estimate of drug-likeness (QED) is 0.512. The van der Waals surface area contributed by atoms with Crippen LogP contribution in [0.1, 0.15) is 5.56 Å². The van der Waals surface area contributed by atoms with Gasteiger partial charge in [-0.2, -0.15) is 5.10 Å². The third-order valence-electron chi connectivity index (χ3n) is 3.58. The van der Waals surface area contributed by atoms with Gasteiger partial charge in [0.15, 0.2) is 23.0 Å². The predicted octanol–water partition coefficient (Wildman–Crippen LogP) is 3.22. The molecule has 26 heavy (non-hydrogen) atoms. The van der Waals surface area contributed by atoms with E-state index in [4.69, 9.17) is 14.2 Å². The summed E-state index contributed by atoms with van der Waals surface area (Å²) in [4.78, 5) is 12.2. The smallest absolute Gasteiger partial charge is 0.284 e. The zero-order valence-electron chi connectivity index (χ0n) is 13.5. The van der Waals surface area contributed by atoms with Crippen LogP contribution in [0.5, 0.6) is 23.0 Å². The molecule has 0 unspecified atom stereocenters. The van der Waals surface area contributed by atoms with Crippen molar-refractivity contribution in [3.05, 3.63) is 44.8 Å². The monoisotopic (exact) mass is 484 g/mol. The fourth-order valence-electron chi connectivity index (χ4n) is 2.27. The first-order chi connectivity index (χ1) is 12.5. The Bertz CT molecular complexity index is 872. The second-order valence-electron chi connectivity index (χ2n) is 5.24. The van der Waals surface area contributed by atoms with E-state index in [0.29, 0.717) is 26.0 Å². The Morgan fingerprint density at radius 2 is 2.12 bits per heavy atom. The van der Waals surface area contributed by atoms with Crippen LogP contribution in [0, 0.1) is 0 Å². The number of ether oxygens (including phenoxy) is 3. The molecule has 2 N–H and O–H groups in total. The highest BCUT2D eigenvalue weighted by molar-refractivity contribution is 9.13. The number of carbonyl (C=O) groups excluding carboxylic acids is 1. The van der Waals surface area contributed by atoms with Gasteiger partial charge in [-0.3, -0.25) is 4.79 Å². The first-order valence-electron chi connectivity index (χ1n) is 7.47. The fourth-order valence-corrected chi connectivity index (χ4v) is 3.09. The minimum atomic E-state index is -0.823. The Morgan fingerprint density at radius 1 is 1.38 bits per heavy atom. The summed E-state index contributed by atoms with van der Waals surface area (Å²) >= 11 is 6.69. The van der Waals surface area contributed by atoms with Crippen LogP contribution in [0.15, 0.2) is 44.4 Å². The lowest BCUT2D eigenvalue weighted by molar-refractivity contribution is -0.130. The van der Waals surface area contributed by atoms with E-state index >= 15 is 0 Å². The Balaban J connectivity index is 1.70. The number of nitrogens with one attached hydrogen (secondary N) is 1. The lowest BCUT2D eigenvalue weighted by atomic mass is 10.2. The van der Waals surface area contributed by atoms with Gasteiger partial charge in [0, 0.05) is 8.95 Å². The van der Waals surface area contributed by atoms with Crippen LogP contribution in [0.3, 0.4) is 0 Å². The molecule has 1 aliphatic rings. The largest absolute Gasteiger partial charge is 0.504 e. The molecule has 0 aliphatic carbocycles. The number of aromatic hydroxyl groups is 1. The molecule has 7 nitrogen and oxygen atoms in total. The van der Waals surface area contributed by atoms with E-state index in [-0.39, 0.29) is 18.1 Å². The van der Waals surface area contributed by atoms with E-state index in [2.05, 4.69) is 42.4 Å². The number of rotatable bonds is 4. The number of methoxy groups -OCH3 is 1. The number of halogens is 2. The molecule has 3 rings (SSSR count). The number of para-hydroxylation sites is 2. The van der Waals surface area contributed by atoms with Crippen molar-refractivity contribution in [1.82, 2.24) is 5.43 Å². The Labute approximate surface area is 166 Å². The van der Waals surface area contributed by atoms with Crippen LogP contribution in [-0.4, -0.2) is 37.0 Å². The Hall–Kier alpha value is -2.26. The number of benzene rings is 2. The lowest BCUT2D eigenvalue weighted by Crippen LogP contribution is -2.42. The highest BCUT2D eigenvalue weighted by Gasteiger charge is 2.27. The molecule has 136 valence electrons. The van der Waals surface area contributed by atoms with Gasteiger partial charge in [-0.15, -0.1) is 0 Å². The molecular formula is C17H14Br2N2O5. The summed E-state index contributed by atoms with van der Waals surface area (Å²) in [7, 11) is 1.44. The van der Waals surface area contributed by atoms with Gasteiger partial charge < -0.3 is 19.3 Å². The van der Waals surface area contributed by atoms with Gasteiger partial charge in [-0.05, 0) is 50.1 Å². The number of hydrogen-bond acceptors (Lipinski definition) is 6. The summed E-state index contributed by atoms with van der Waals surface area (Å²) in [5.41, 5.74) is 2.73. The van der Waals surface area contributed by atoms with Gasteiger partial charge in [0.2, 0.25) is 6.10 Å². The number of phenols is 1. The summed E-state index contributed by atoms with van der Waals surface area (Å²) in [6.45, 7) is 0.0814. The van der Waals surface area contributed by atoms with E-state index < -0.39 is 12.0 Å². The average molecular weight is 486 g/mol. The second kappa shape index (κ2) is 7.96. The maximum atomic E-state index is 12.2. The van der Waals surface area contributed by atoms with E-state index in [9.17, 15) is 9.90 Å². The van der Waals surface area contributed by atoms with Crippen LogP contribution < -0.4 is 19.6 Å². The number of amides is 1. The molecule has 0 saturated carbocycles. The highest BCUT2D eigenvalue weighted by atomic mass is 79.9. The van der Waals surface area contributed by atoms with Crippen molar-refractivity contribution in [2.24, 2.45) is 5.10 Å². The van der Waals surface area contributed by atoms with Crippen molar-refractivity contribution in [2.45, 2.75) is 6.10 Å². The summed E-state index contributed by atoms with van der Waals surface area (Å²) in [6.07, 6.45) is 0.485. The number of carbonyl (C=O) groups is 1. The van der Waals surface area contributed by atoms with Crippen LogP contribution in [0.25, 0.3) is 0 Å². The molecule has 0 fully saturated rings. The molecule has 2 aromatic rings. The Morgan fingerprint density at radius 3 is 2.85 bits per heavy atom. The summed E-state index contributed by atoms with van der Waals surface area (Å²) < 4.78 is 17.4. The SMILES string of the molecule is COc1cc(Br)c(Br)c(/C=N/NC(=O)[C@@H]2COc3ccccc3O2)c1O. The lowest BCUT2D eigenvalue weighted by Gasteiger charge is -2.24. The van der Waals surface area contributed by atoms with Crippen molar-refractivity contribution in [2.75, 3.05) is 13.7 Å².